The number of nitrogens with one attached hydrogen (secondary N) is 1. The Kier molecular flexibility index (Phi) is 4.86. The van der Waals surface area contributed by atoms with Crippen molar-refractivity contribution in [1.82, 2.24) is 15.3 Å². The van der Waals surface area contributed by atoms with Gasteiger partial charge in [-0.2, -0.15) is 13.2 Å². The van der Waals surface area contributed by atoms with E-state index in [0.29, 0.717) is 12.5 Å². The molecule has 0 aliphatic carbocycles. The van der Waals surface area contributed by atoms with Crippen LogP contribution in [0.1, 0.15) is 25.2 Å². The molecule has 0 saturated heterocycles. The maximum Gasteiger partial charge on any atom is 0.396 e. The van der Waals surface area contributed by atoms with Crippen LogP contribution in [-0.4, -0.2) is 22.7 Å². The molecule has 1 rings (SSSR count). The first kappa shape index (κ1) is 13.9. The molecule has 0 aliphatic rings. The normalized spacial score (nSPS) is 12.1. The van der Waals surface area contributed by atoms with Gasteiger partial charge in [-0.1, -0.05) is 13.8 Å². The molecule has 6 heteroatoms. The molecule has 0 unspecified atom stereocenters. The van der Waals surface area contributed by atoms with Crippen molar-refractivity contribution in [2.24, 2.45) is 5.92 Å². The van der Waals surface area contributed by atoms with Crippen molar-refractivity contribution in [3.8, 4) is 0 Å². The van der Waals surface area contributed by atoms with E-state index in [-0.39, 0.29) is 5.82 Å². The van der Waals surface area contributed by atoms with E-state index in [1.54, 1.807) is 0 Å². The number of halogens is 3. The molecule has 0 saturated carbocycles. The van der Waals surface area contributed by atoms with Crippen LogP contribution in [0.5, 0.6) is 0 Å². The van der Waals surface area contributed by atoms with Crippen LogP contribution in [0.25, 0.3) is 0 Å². The number of nitrogens with zero attached hydrogens (tertiary/aromatic N) is 2. The highest BCUT2D eigenvalue weighted by Crippen LogP contribution is 2.18. The summed E-state index contributed by atoms with van der Waals surface area (Å²) in [5.74, 6) is 0.338. The van der Waals surface area contributed by atoms with Gasteiger partial charge in [0.2, 0.25) is 0 Å². The SMILES string of the molecule is CC(C)CNCc1cnc(CC(F)(F)F)nc1. The minimum atomic E-state index is -4.25. The van der Waals surface area contributed by atoms with Gasteiger partial charge >= 0.3 is 6.18 Å². The summed E-state index contributed by atoms with van der Waals surface area (Å²) in [4.78, 5) is 7.38. The fourth-order valence-electron chi connectivity index (χ4n) is 1.25. The van der Waals surface area contributed by atoms with E-state index in [1.165, 1.54) is 12.4 Å². The Balaban J connectivity index is 2.45. The van der Waals surface area contributed by atoms with E-state index in [1.807, 2.05) is 0 Å². The lowest BCUT2D eigenvalue weighted by Gasteiger charge is -2.08. The minimum absolute atomic E-state index is 0.190. The van der Waals surface area contributed by atoms with Gasteiger partial charge in [-0.3, -0.25) is 0 Å². The summed E-state index contributed by atoms with van der Waals surface area (Å²) in [6.45, 7) is 5.58. The largest absolute Gasteiger partial charge is 0.396 e. The van der Waals surface area contributed by atoms with Gasteiger partial charge in [-0.25, -0.2) is 9.97 Å². The zero-order chi connectivity index (χ0) is 12.9. The van der Waals surface area contributed by atoms with Crippen molar-refractivity contribution >= 4 is 0 Å². The molecule has 1 heterocycles. The standard InChI is InChI=1S/C11H16F3N3/c1-8(2)4-15-5-9-6-16-10(17-7-9)3-11(12,13)14/h6-8,15H,3-5H2,1-2H3. The van der Waals surface area contributed by atoms with Crippen LogP contribution < -0.4 is 5.32 Å². The van der Waals surface area contributed by atoms with Crippen LogP contribution >= 0.6 is 0 Å². The summed E-state index contributed by atoms with van der Waals surface area (Å²) in [5, 5.41) is 3.17. The van der Waals surface area contributed by atoms with Crippen LogP contribution in [0.15, 0.2) is 12.4 Å². The molecule has 1 aromatic heterocycles. The number of alkyl halides is 3. The summed E-state index contributed by atoms with van der Waals surface area (Å²) in [6, 6.07) is 0. The van der Waals surface area contributed by atoms with Gasteiger partial charge in [0, 0.05) is 24.5 Å². The smallest absolute Gasteiger partial charge is 0.312 e. The second-order valence-electron chi connectivity index (χ2n) is 4.32. The highest BCUT2D eigenvalue weighted by molar-refractivity contribution is 5.05. The molecule has 0 atom stereocenters. The maximum atomic E-state index is 12.0. The van der Waals surface area contributed by atoms with E-state index in [0.717, 1.165) is 12.1 Å². The van der Waals surface area contributed by atoms with Gasteiger partial charge < -0.3 is 5.32 Å². The van der Waals surface area contributed by atoms with Crippen LogP contribution in [-0.2, 0) is 13.0 Å². The molecule has 0 aromatic carbocycles. The molecular formula is C11H16F3N3. The summed E-state index contributed by atoms with van der Waals surface area (Å²) in [6.07, 6.45) is -2.47. The molecule has 0 bridgehead atoms. The van der Waals surface area contributed by atoms with E-state index in [9.17, 15) is 13.2 Å². The van der Waals surface area contributed by atoms with Gasteiger partial charge in [0.1, 0.15) is 12.2 Å². The molecule has 3 nitrogen and oxygen atoms in total. The van der Waals surface area contributed by atoms with Gasteiger partial charge in [0.25, 0.3) is 0 Å². The third kappa shape index (κ3) is 6.21. The first-order valence-corrected chi connectivity index (χ1v) is 5.44. The Labute approximate surface area is 98.5 Å². The third-order valence-electron chi connectivity index (χ3n) is 2.00. The first-order chi connectivity index (χ1) is 7.87. The number of hydrogen-bond donors (Lipinski definition) is 1. The van der Waals surface area contributed by atoms with Crippen molar-refractivity contribution in [2.45, 2.75) is 33.0 Å². The fraction of sp³-hybridized carbons (Fsp3) is 0.636. The Hall–Kier alpha value is -1.17. The molecule has 0 amide bonds. The molecule has 0 spiro atoms. The molecule has 17 heavy (non-hydrogen) atoms. The Morgan fingerprint density at radius 3 is 2.29 bits per heavy atom. The lowest BCUT2D eigenvalue weighted by Crippen LogP contribution is -2.19. The maximum absolute atomic E-state index is 12.0. The number of hydrogen-bond acceptors (Lipinski definition) is 3. The Morgan fingerprint density at radius 2 is 1.82 bits per heavy atom. The summed E-state index contributed by atoms with van der Waals surface area (Å²) in [7, 11) is 0. The predicted octanol–water partition coefficient (Wildman–Crippen LogP) is 2.33. The second kappa shape index (κ2) is 5.95. The van der Waals surface area contributed by atoms with Crippen LogP contribution in [0.3, 0.4) is 0 Å². The summed E-state index contributed by atoms with van der Waals surface area (Å²) in [5.41, 5.74) is 0.788. The van der Waals surface area contributed by atoms with Gasteiger partial charge in [0.05, 0.1) is 0 Å². The van der Waals surface area contributed by atoms with Crippen molar-refractivity contribution in [3.05, 3.63) is 23.8 Å². The monoisotopic (exact) mass is 247 g/mol. The van der Waals surface area contributed by atoms with Gasteiger partial charge in [0.15, 0.2) is 0 Å². The van der Waals surface area contributed by atoms with E-state index < -0.39 is 12.6 Å². The van der Waals surface area contributed by atoms with Crippen molar-refractivity contribution in [2.75, 3.05) is 6.54 Å². The van der Waals surface area contributed by atoms with Crippen molar-refractivity contribution in [3.63, 3.8) is 0 Å². The van der Waals surface area contributed by atoms with Gasteiger partial charge in [-0.05, 0) is 12.5 Å². The zero-order valence-electron chi connectivity index (χ0n) is 9.88. The highest BCUT2D eigenvalue weighted by Gasteiger charge is 2.29. The first-order valence-electron chi connectivity index (χ1n) is 5.44. The fourth-order valence-corrected chi connectivity index (χ4v) is 1.25. The van der Waals surface area contributed by atoms with Gasteiger partial charge in [-0.15, -0.1) is 0 Å². The molecule has 0 aliphatic heterocycles. The Morgan fingerprint density at radius 1 is 1.24 bits per heavy atom. The number of rotatable bonds is 5. The predicted molar refractivity (Wildman–Crippen MR) is 58.3 cm³/mol. The Bertz CT molecular complexity index is 333. The van der Waals surface area contributed by atoms with Crippen molar-refractivity contribution < 1.29 is 13.2 Å². The molecule has 96 valence electrons. The van der Waals surface area contributed by atoms with E-state index in [2.05, 4.69) is 29.1 Å². The van der Waals surface area contributed by atoms with Crippen LogP contribution in [0, 0.1) is 5.92 Å². The molecule has 0 radical (unpaired) electrons. The number of aromatic nitrogens is 2. The summed E-state index contributed by atoms with van der Waals surface area (Å²) < 4.78 is 36.1. The van der Waals surface area contributed by atoms with E-state index in [4.69, 9.17) is 0 Å². The lowest BCUT2D eigenvalue weighted by atomic mass is 10.2. The zero-order valence-corrected chi connectivity index (χ0v) is 9.88. The third-order valence-corrected chi connectivity index (χ3v) is 2.00. The topological polar surface area (TPSA) is 37.8 Å². The molecule has 1 N–H and O–H groups in total. The van der Waals surface area contributed by atoms with Crippen molar-refractivity contribution in [1.29, 1.82) is 0 Å². The second-order valence-corrected chi connectivity index (χ2v) is 4.32. The average Bonchev–Trinajstić information content (AvgIpc) is 2.18. The van der Waals surface area contributed by atoms with Crippen LogP contribution in [0.4, 0.5) is 13.2 Å². The van der Waals surface area contributed by atoms with Crippen LogP contribution in [0.2, 0.25) is 0 Å². The average molecular weight is 247 g/mol. The molecule has 1 aromatic rings. The molecular weight excluding hydrogens is 231 g/mol. The summed E-state index contributed by atoms with van der Waals surface area (Å²) >= 11 is 0. The minimum Gasteiger partial charge on any atom is -0.312 e. The lowest BCUT2D eigenvalue weighted by molar-refractivity contribution is -0.128. The van der Waals surface area contributed by atoms with E-state index >= 15 is 0 Å². The molecule has 0 fully saturated rings. The highest BCUT2D eigenvalue weighted by atomic mass is 19.4. The quantitative estimate of drug-likeness (QED) is 0.867.